The number of furan rings is 3. The van der Waals surface area contributed by atoms with E-state index in [1.807, 2.05) is 0 Å². The van der Waals surface area contributed by atoms with Gasteiger partial charge in [0.25, 0.3) is 0 Å². The van der Waals surface area contributed by atoms with Gasteiger partial charge in [0.2, 0.25) is 0 Å². The molecule has 0 atom stereocenters. The molecule has 5 nitrogen and oxygen atoms in total. The summed E-state index contributed by atoms with van der Waals surface area (Å²) < 4.78 is 21.9. The molecule has 2 saturated carbocycles. The number of anilines is 6. The summed E-state index contributed by atoms with van der Waals surface area (Å²) in [6, 6.07) is 66.7. The third kappa shape index (κ3) is 6.97. The molecule has 2 aliphatic carbocycles. The fourth-order valence-electron chi connectivity index (χ4n) is 13.7. The van der Waals surface area contributed by atoms with Crippen LogP contribution in [0, 0.1) is 13.8 Å². The largest absolute Gasteiger partial charge is 0.456 e. The van der Waals surface area contributed by atoms with E-state index < -0.39 is 0 Å². The third-order valence-corrected chi connectivity index (χ3v) is 17.3. The Kier molecular flexibility index (Phi) is 10.4. The summed E-state index contributed by atoms with van der Waals surface area (Å²) in [5, 5.41) is 11.4. The van der Waals surface area contributed by atoms with Gasteiger partial charge in [0.15, 0.2) is 11.2 Å². The molecule has 5 heteroatoms. The van der Waals surface area contributed by atoms with Gasteiger partial charge >= 0.3 is 0 Å². The Morgan fingerprint density at radius 2 is 0.653 bits per heavy atom. The minimum atomic E-state index is 0.511. The minimum Gasteiger partial charge on any atom is -0.456 e. The Morgan fingerprint density at radius 1 is 0.307 bits per heavy atom. The first-order valence-electron chi connectivity index (χ1n) is 27.5. The van der Waals surface area contributed by atoms with Gasteiger partial charge in [-0.2, -0.15) is 0 Å². The molecule has 0 spiro atoms. The van der Waals surface area contributed by atoms with Crippen LogP contribution in [0.3, 0.4) is 0 Å². The Balaban J connectivity index is 0.976. The van der Waals surface area contributed by atoms with Gasteiger partial charge in [-0.05, 0) is 109 Å². The lowest BCUT2D eigenvalue weighted by atomic mass is 9.83. The molecule has 0 aliphatic heterocycles. The fraction of sp³-hybridized carbons (Fsp3) is 0.200. The van der Waals surface area contributed by atoms with E-state index in [2.05, 4.69) is 206 Å². The van der Waals surface area contributed by atoms with Crippen molar-refractivity contribution in [3.05, 3.63) is 204 Å². The summed E-state index contributed by atoms with van der Waals surface area (Å²) in [7, 11) is 0. The molecule has 15 rings (SSSR count). The van der Waals surface area contributed by atoms with Gasteiger partial charge in [0, 0.05) is 66.6 Å². The van der Waals surface area contributed by atoms with Crippen molar-refractivity contribution < 1.29 is 13.3 Å². The first kappa shape index (κ1) is 44.2. The zero-order valence-electron chi connectivity index (χ0n) is 42.7. The summed E-state index contributed by atoms with van der Waals surface area (Å²) in [6.07, 6.45) is 12.6. The van der Waals surface area contributed by atoms with Crippen LogP contribution in [0.1, 0.15) is 98.3 Å². The molecular weight excluding hydrogens is 917 g/mol. The van der Waals surface area contributed by atoms with Crippen molar-refractivity contribution in [1.29, 1.82) is 0 Å². The number of aryl methyl sites for hydroxylation is 2. The van der Waals surface area contributed by atoms with Crippen molar-refractivity contribution in [2.45, 2.75) is 89.9 Å². The number of benzene rings is 10. The molecule has 0 amide bonds. The van der Waals surface area contributed by atoms with Crippen LogP contribution in [0.4, 0.5) is 34.1 Å². The maximum Gasteiger partial charge on any atom is 0.159 e. The summed E-state index contributed by atoms with van der Waals surface area (Å²) >= 11 is 0. The van der Waals surface area contributed by atoms with Crippen LogP contribution in [-0.2, 0) is 0 Å². The van der Waals surface area contributed by atoms with Gasteiger partial charge in [0.1, 0.15) is 22.3 Å². The van der Waals surface area contributed by atoms with E-state index in [1.165, 1.54) is 97.2 Å². The summed E-state index contributed by atoms with van der Waals surface area (Å²) in [5.41, 5.74) is 16.7. The van der Waals surface area contributed by atoms with Gasteiger partial charge in [-0.15, -0.1) is 0 Å². The third-order valence-electron chi connectivity index (χ3n) is 17.3. The van der Waals surface area contributed by atoms with Crippen LogP contribution in [0.25, 0.3) is 87.4 Å². The lowest BCUT2D eigenvalue weighted by Gasteiger charge is -2.28. The van der Waals surface area contributed by atoms with Crippen LogP contribution in [0.5, 0.6) is 0 Å². The van der Waals surface area contributed by atoms with E-state index >= 15 is 0 Å². The van der Waals surface area contributed by atoms with E-state index in [0.29, 0.717) is 11.8 Å². The highest BCUT2D eigenvalue weighted by Gasteiger charge is 2.30. The molecule has 0 saturated heterocycles. The number of nitrogens with zero attached hydrogens (tertiary/aromatic N) is 2. The Labute approximate surface area is 436 Å². The smallest absolute Gasteiger partial charge is 0.159 e. The predicted octanol–water partition coefficient (Wildman–Crippen LogP) is 21.3. The zero-order chi connectivity index (χ0) is 49.7. The van der Waals surface area contributed by atoms with E-state index in [0.717, 1.165) is 111 Å². The van der Waals surface area contributed by atoms with Gasteiger partial charge < -0.3 is 23.1 Å². The van der Waals surface area contributed by atoms with Crippen LogP contribution < -0.4 is 9.80 Å². The molecule has 0 unspecified atom stereocenters. The summed E-state index contributed by atoms with van der Waals surface area (Å²) in [5.74, 6) is 1.02. The number of fused-ring (bicyclic) bond motifs is 13. The van der Waals surface area contributed by atoms with Crippen molar-refractivity contribution in [3.63, 3.8) is 0 Å². The van der Waals surface area contributed by atoms with Crippen molar-refractivity contribution >= 4 is 121 Å². The highest BCUT2D eigenvalue weighted by atomic mass is 16.3. The molecule has 3 aromatic heterocycles. The number of para-hydroxylation sites is 6. The maximum atomic E-state index is 7.39. The minimum absolute atomic E-state index is 0.511. The second-order valence-corrected chi connectivity index (χ2v) is 21.6. The molecule has 10 aromatic carbocycles. The quantitative estimate of drug-likeness (QED) is 0.152. The number of hydrogen-bond donors (Lipinski definition) is 0. The Hall–Kier alpha value is -8.28. The second kappa shape index (κ2) is 17.7. The molecular formula is C70H58N2O3. The van der Waals surface area contributed by atoms with Crippen LogP contribution in [-0.4, -0.2) is 0 Å². The second-order valence-electron chi connectivity index (χ2n) is 21.6. The standard InChI is InChI=1S/C70H58N2O3/c1-43-21-9-15-37-57(43)71(59-39-19-35-55-53-33-17-31-47(67(53)74-69(55)59)45-23-5-3-6-24-45)61-41-63-65(51-29-13-11-27-49(51)61)66-52-30-14-12-28-50(52)62(42-64(66)73-63)72(58-38-16-10-22-44(58)2)60-40-20-36-56-54-34-18-32-48(68(54)75-70(56)60)46-25-7-4-8-26-46/h9-22,27-42,45-46H,3-8,23-26H2,1-2H3. The van der Waals surface area contributed by atoms with Crippen molar-refractivity contribution in [1.82, 2.24) is 0 Å². The van der Waals surface area contributed by atoms with Crippen LogP contribution >= 0.6 is 0 Å². The molecule has 0 radical (unpaired) electrons. The van der Waals surface area contributed by atoms with Gasteiger partial charge in [0.05, 0.1) is 22.7 Å². The van der Waals surface area contributed by atoms with Crippen molar-refractivity contribution in [2.24, 2.45) is 0 Å². The molecule has 13 aromatic rings. The SMILES string of the molecule is Cc1ccccc1N(c1cc2oc3cc(N(c4ccccc4C)c4cccc5c4oc4c(C6CCCCC6)cccc45)c4ccccc4c3c2c2ccccc12)c1cccc2c1oc1c(C3CCCCC3)cccc12. The first-order valence-corrected chi connectivity index (χ1v) is 27.5. The Bertz CT molecular complexity index is 4110. The number of hydrogen-bond acceptors (Lipinski definition) is 5. The molecule has 0 bridgehead atoms. The molecule has 3 heterocycles. The molecule has 0 N–H and O–H groups in total. The highest BCUT2D eigenvalue weighted by Crippen LogP contribution is 2.53. The average molecular weight is 975 g/mol. The van der Waals surface area contributed by atoms with Gasteiger partial charge in [-0.3, -0.25) is 0 Å². The molecule has 366 valence electrons. The first-order chi connectivity index (χ1) is 37.1. The van der Waals surface area contributed by atoms with E-state index in [-0.39, 0.29) is 0 Å². The lowest BCUT2D eigenvalue weighted by molar-refractivity contribution is 0.442. The normalized spacial score (nSPS) is 15.0. The number of rotatable bonds is 8. The predicted molar refractivity (Wildman–Crippen MR) is 314 cm³/mol. The molecule has 75 heavy (non-hydrogen) atoms. The maximum absolute atomic E-state index is 7.39. The molecule has 2 aliphatic rings. The lowest BCUT2D eigenvalue weighted by Crippen LogP contribution is -2.12. The monoisotopic (exact) mass is 974 g/mol. The average Bonchev–Trinajstić information content (AvgIpc) is 4.20. The summed E-state index contributed by atoms with van der Waals surface area (Å²) in [6.45, 7) is 4.42. The van der Waals surface area contributed by atoms with E-state index in [1.54, 1.807) is 0 Å². The van der Waals surface area contributed by atoms with Crippen molar-refractivity contribution in [2.75, 3.05) is 9.80 Å². The fourth-order valence-corrected chi connectivity index (χ4v) is 13.7. The van der Waals surface area contributed by atoms with Crippen LogP contribution in [0.15, 0.2) is 195 Å². The van der Waals surface area contributed by atoms with Gasteiger partial charge in [-0.25, -0.2) is 0 Å². The van der Waals surface area contributed by atoms with Gasteiger partial charge in [-0.1, -0.05) is 184 Å². The zero-order valence-corrected chi connectivity index (χ0v) is 42.7. The highest BCUT2D eigenvalue weighted by molar-refractivity contribution is 6.30. The van der Waals surface area contributed by atoms with E-state index in [4.69, 9.17) is 13.3 Å². The summed E-state index contributed by atoms with van der Waals surface area (Å²) in [4.78, 5) is 4.85. The Morgan fingerprint density at radius 3 is 1.08 bits per heavy atom. The topological polar surface area (TPSA) is 45.9 Å². The molecule has 2 fully saturated rings. The van der Waals surface area contributed by atoms with Crippen LogP contribution in [0.2, 0.25) is 0 Å². The van der Waals surface area contributed by atoms with E-state index in [9.17, 15) is 0 Å². The van der Waals surface area contributed by atoms with Crippen molar-refractivity contribution in [3.8, 4) is 0 Å².